The normalized spacial score (nSPS) is 16.1. The third-order valence-electron chi connectivity index (χ3n) is 3.28. The number of ether oxygens (including phenoxy) is 1. The number of nitrogens with one attached hydrogen (secondary N) is 1. The highest BCUT2D eigenvalue weighted by molar-refractivity contribution is 6.33. The molecule has 0 bridgehead atoms. The number of carboxylic acid groups (broad SMARTS) is 1. The molecule has 1 heterocycles. The van der Waals surface area contributed by atoms with Crippen molar-refractivity contribution in [2.45, 2.75) is 6.42 Å². The van der Waals surface area contributed by atoms with Gasteiger partial charge >= 0.3 is 5.97 Å². The first-order valence-corrected chi connectivity index (χ1v) is 7.11. The van der Waals surface area contributed by atoms with Crippen molar-refractivity contribution in [2.24, 2.45) is 0 Å². The third kappa shape index (κ3) is 4.37. The van der Waals surface area contributed by atoms with Gasteiger partial charge in [0.15, 0.2) is 0 Å². The molecule has 0 aromatic heterocycles. The minimum absolute atomic E-state index is 0.130. The van der Waals surface area contributed by atoms with Crippen LogP contribution in [0.2, 0.25) is 5.02 Å². The van der Waals surface area contributed by atoms with Crippen molar-refractivity contribution < 1.29 is 14.6 Å². The monoisotopic (exact) mass is 298 g/mol. The van der Waals surface area contributed by atoms with E-state index in [1.54, 1.807) is 12.1 Å². The molecule has 0 radical (unpaired) electrons. The van der Waals surface area contributed by atoms with Crippen LogP contribution >= 0.6 is 11.6 Å². The minimum Gasteiger partial charge on any atom is -0.478 e. The molecule has 20 heavy (non-hydrogen) atoms. The van der Waals surface area contributed by atoms with Gasteiger partial charge in [-0.25, -0.2) is 4.79 Å². The van der Waals surface area contributed by atoms with Crippen LogP contribution in [0, 0.1) is 0 Å². The number of morpholine rings is 1. The van der Waals surface area contributed by atoms with Crippen molar-refractivity contribution in [3.8, 4) is 0 Å². The maximum atomic E-state index is 10.8. The lowest BCUT2D eigenvalue weighted by molar-refractivity contribution is 0.0378. The van der Waals surface area contributed by atoms with E-state index < -0.39 is 5.97 Å². The lowest BCUT2D eigenvalue weighted by Gasteiger charge is -2.26. The number of anilines is 1. The number of carbonyl (C=O) groups is 1. The van der Waals surface area contributed by atoms with Gasteiger partial charge in [0.2, 0.25) is 0 Å². The summed E-state index contributed by atoms with van der Waals surface area (Å²) in [6.45, 7) is 5.51. The summed E-state index contributed by atoms with van der Waals surface area (Å²) in [5.74, 6) is -1.01. The van der Waals surface area contributed by atoms with Crippen LogP contribution in [0.25, 0.3) is 0 Å². The second-order valence-corrected chi connectivity index (χ2v) is 5.14. The standard InChI is InChI=1S/C14H19ClN2O3/c15-13-10-11(2-3-12(13)14(18)19)16-4-1-5-17-6-8-20-9-7-17/h2-3,10,16H,1,4-9H2,(H,18,19). The summed E-state index contributed by atoms with van der Waals surface area (Å²) < 4.78 is 5.30. The van der Waals surface area contributed by atoms with E-state index in [4.69, 9.17) is 21.4 Å². The van der Waals surface area contributed by atoms with Crippen LogP contribution in [-0.4, -0.2) is 55.4 Å². The SMILES string of the molecule is O=C(O)c1ccc(NCCCN2CCOCC2)cc1Cl. The Morgan fingerprint density at radius 3 is 2.80 bits per heavy atom. The van der Waals surface area contributed by atoms with E-state index in [0.717, 1.165) is 51.5 Å². The van der Waals surface area contributed by atoms with Crippen LogP contribution in [0.15, 0.2) is 18.2 Å². The Balaban J connectivity index is 1.73. The number of aromatic carboxylic acids is 1. The van der Waals surface area contributed by atoms with Gasteiger partial charge in [0.05, 0.1) is 23.8 Å². The first kappa shape index (κ1) is 15.1. The Bertz CT molecular complexity index is 462. The van der Waals surface area contributed by atoms with E-state index in [1.165, 1.54) is 6.07 Å². The molecule has 1 aromatic rings. The number of carboxylic acids is 1. The van der Waals surface area contributed by atoms with Crippen LogP contribution in [0.1, 0.15) is 16.8 Å². The number of nitrogens with zero attached hydrogens (tertiary/aromatic N) is 1. The average Bonchev–Trinajstić information content (AvgIpc) is 2.44. The zero-order valence-electron chi connectivity index (χ0n) is 11.3. The number of rotatable bonds is 6. The smallest absolute Gasteiger partial charge is 0.337 e. The summed E-state index contributed by atoms with van der Waals surface area (Å²) in [6, 6.07) is 4.92. The van der Waals surface area contributed by atoms with Crippen molar-refractivity contribution in [3.05, 3.63) is 28.8 Å². The highest BCUT2D eigenvalue weighted by atomic mass is 35.5. The fraction of sp³-hybridized carbons (Fsp3) is 0.500. The molecule has 0 aliphatic carbocycles. The quantitative estimate of drug-likeness (QED) is 0.788. The highest BCUT2D eigenvalue weighted by Crippen LogP contribution is 2.20. The van der Waals surface area contributed by atoms with Crippen LogP contribution in [0.5, 0.6) is 0 Å². The molecule has 2 N–H and O–H groups in total. The van der Waals surface area contributed by atoms with Crippen molar-refractivity contribution in [1.29, 1.82) is 0 Å². The molecule has 5 nitrogen and oxygen atoms in total. The predicted molar refractivity (Wildman–Crippen MR) is 78.8 cm³/mol. The van der Waals surface area contributed by atoms with E-state index in [0.29, 0.717) is 0 Å². The molecule has 1 fully saturated rings. The fourth-order valence-corrected chi connectivity index (χ4v) is 2.42. The van der Waals surface area contributed by atoms with E-state index in [-0.39, 0.29) is 10.6 Å². The summed E-state index contributed by atoms with van der Waals surface area (Å²) in [7, 11) is 0. The lowest BCUT2D eigenvalue weighted by atomic mass is 10.2. The van der Waals surface area contributed by atoms with Gasteiger partial charge in [0.25, 0.3) is 0 Å². The second-order valence-electron chi connectivity index (χ2n) is 4.73. The molecule has 1 saturated heterocycles. The fourth-order valence-electron chi connectivity index (χ4n) is 2.16. The number of benzene rings is 1. The van der Waals surface area contributed by atoms with Crippen molar-refractivity contribution >= 4 is 23.3 Å². The zero-order valence-corrected chi connectivity index (χ0v) is 12.0. The van der Waals surface area contributed by atoms with E-state index in [9.17, 15) is 4.79 Å². The average molecular weight is 299 g/mol. The topological polar surface area (TPSA) is 61.8 Å². The Morgan fingerprint density at radius 1 is 1.40 bits per heavy atom. The molecular formula is C14H19ClN2O3. The molecule has 1 aliphatic rings. The van der Waals surface area contributed by atoms with Gasteiger partial charge in [-0.2, -0.15) is 0 Å². The van der Waals surface area contributed by atoms with Crippen LogP contribution in [0.3, 0.4) is 0 Å². The van der Waals surface area contributed by atoms with E-state index >= 15 is 0 Å². The molecule has 1 aliphatic heterocycles. The molecule has 0 spiro atoms. The molecule has 110 valence electrons. The van der Waals surface area contributed by atoms with Gasteiger partial charge in [-0.15, -0.1) is 0 Å². The first-order chi connectivity index (χ1) is 9.66. The number of halogens is 1. The summed E-state index contributed by atoms with van der Waals surface area (Å²) in [5.41, 5.74) is 0.979. The first-order valence-electron chi connectivity index (χ1n) is 6.73. The zero-order chi connectivity index (χ0) is 14.4. The maximum Gasteiger partial charge on any atom is 0.337 e. The summed E-state index contributed by atoms with van der Waals surface area (Å²) in [6.07, 6.45) is 1.03. The molecular weight excluding hydrogens is 280 g/mol. The molecule has 0 saturated carbocycles. The second kappa shape index (κ2) is 7.47. The predicted octanol–water partition coefficient (Wildman–Crippen LogP) is 2.17. The summed E-state index contributed by atoms with van der Waals surface area (Å²) in [4.78, 5) is 13.2. The third-order valence-corrected chi connectivity index (χ3v) is 3.60. The Kier molecular flexibility index (Phi) is 5.64. The molecule has 0 unspecified atom stereocenters. The summed E-state index contributed by atoms with van der Waals surface area (Å²) >= 11 is 5.92. The minimum atomic E-state index is -1.01. The van der Waals surface area contributed by atoms with Gasteiger partial charge in [-0.1, -0.05) is 11.6 Å². The van der Waals surface area contributed by atoms with E-state index in [2.05, 4.69) is 10.2 Å². The van der Waals surface area contributed by atoms with Crippen LogP contribution in [-0.2, 0) is 4.74 Å². The molecule has 0 amide bonds. The molecule has 6 heteroatoms. The maximum absolute atomic E-state index is 10.8. The number of hydrogen-bond donors (Lipinski definition) is 2. The molecule has 0 atom stereocenters. The number of hydrogen-bond acceptors (Lipinski definition) is 4. The van der Waals surface area contributed by atoms with Gasteiger partial charge in [-0.3, -0.25) is 4.90 Å². The van der Waals surface area contributed by atoms with Gasteiger partial charge in [0, 0.05) is 25.3 Å². The largest absolute Gasteiger partial charge is 0.478 e. The Labute approximate surface area is 123 Å². The Hall–Kier alpha value is -1.30. The van der Waals surface area contributed by atoms with Crippen LogP contribution in [0.4, 0.5) is 5.69 Å². The van der Waals surface area contributed by atoms with Gasteiger partial charge < -0.3 is 15.2 Å². The van der Waals surface area contributed by atoms with Crippen molar-refractivity contribution in [2.75, 3.05) is 44.7 Å². The van der Waals surface area contributed by atoms with Gasteiger partial charge in [-0.05, 0) is 31.2 Å². The lowest BCUT2D eigenvalue weighted by Crippen LogP contribution is -2.37. The highest BCUT2D eigenvalue weighted by Gasteiger charge is 2.10. The van der Waals surface area contributed by atoms with Crippen molar-refractivity contribution in [1.82, 2.24) is 4.90 Å². The van der Waals surface area contributed by atoms with Crippen molar-refractivity contribution in [3.63, 3.8) is 0 Å². The van der Waals surface area contributed by atoms with E-state index in [1.807, 2.05) is 0 Å². The molecule has 1 aromatic carbocycles. The molecule has 2 rings (SSSR count). The van der Waals surface area contributed by atoms with Gasteiger partial charge in [0.1, 0.15) is 0 Å². The Morgan fingerprint density at radius 2 is 2.15 bits per heavy atom. The van der Waals surface area contributed by atoms with Crippen LogP contribution < -0.4 is 5.32 Å². The summed E-state index contributed by atoms with van der Waals surface area (Å²) in [5, 5.41) is 12.4.